The Morgan fingerprint density at radius 2 is 1.72 bits per heavy atom. The van der Waals surface area contributed by atoms with Crippen molar-refractivity contribution in [3.63, 3.8) is 0 Å². The average Bonchev–Trinajstić information content (AvgIpc) is 2.60. The van der Waals surface area contributed by atoms with E-state index in [0.29, 0.717) is 5.75 Å². The van der Waals surface area contributed by atoms with Gasteiger partial charge in [0.05, 0.1) is 22.6 Å². The summed E-state index contributed by atoms with van der Waals surface area (Å²) in [6, 6.07) is 15.3. The molecule has 25 heavy (non-hydrogen) atoms. The van der Waals surface area contributed by atoms with Gasteiger partial charge in [-0.15, -0.1) is 0 Å². The first-order valence-corrected chi connectivity index (χ1v) is 8.72. The number of nitro groups is 1. The van der Waals surface area contributed by atoms with Gasteiger partial charge in [-0.3, -0.25) is 14.8 Å². The Bertz CT molecular complexity index is 1060. The predicted octanol–water partition coefficient (Wildman–Crippen LogP) is 3.56. The van der Waals surface area contributed by atoms with Crippen LogP contribution in [0.5, 0.6) is 5.75 Å². The normalized spacial score (nSPS) is 11.2. The van der Waals surface area contributed by atoms with E-state index in [0.717, 1.165) is 10.8 Å². The van der Waals surface area contributed by atoms with Crippen LogP contribution in [0.1, 0.15) is 0 Å². The Balaban J connectivity index is 1.95. The molecule has 7 nitrogen and oxygen atoms in total. The van der Waals surface area contributed by atoms with Gasteiger partial charge in [-0.2, -0.15) is 0 Å². The van der Waals surface area contributed by atoms with Crippen molar-refractivity contribution in [3.8, 4) is 5.75 Å². The van der Waals surface area contributed by atoms with Crippen LogP contribution in [0.15, 0.2) is 65.6 Å². The van der Waals surface area contributed by atoms with Gasteiger partial charge in [0.15, 0.2) is 0 Å². The number of non-ortho nitro benzene ring substituents is 1. The average molecular weight is 358 g/mol. The second-order valence-corrected chi connectivity index (χ2v) is 6.97. The molecule has 0 heterocycles. The number of benzene rings is 3. The van der Waals surface area contributed by atoms with Crippen molar-refractivity contribution in [2.75, 3.05) is 11.8 Å². The smallest absolute Gasteiger partial charge is 0.271 e. The number of nitrogens with one attached hydrogen (secondary N) is 1. The summed E-state index contributed by atoms with van der Waals surface area (Å²) in [7, 11) is -2.31. The van der Waals surface area contributed by atoms with Gasteiger partial charge in [-0.1, -0.05) is 18.2 Å². The Hall–Kier alpha value is -3.13. The van der Waals surface area contributed by atoms with E-state index in [-0.39, 0.29) is 16.3 Å². The third kappa shape index (κ3) is 3.53. The Kier molecular flexibility index (Phi) is 4.28. The van der Waals surface area contributed by atoms with Gasteiger partial charge in [0, 0.05) is 12.1 Å². The van der Waals surface area contributed by atoms with Crippen LogP contribution in [0, 0.1) is 10.1 Å². The summed E-state index contributed by atoms with van der Waals surface area (Å²) in [6.45, 7) is 0. The molecule has 3 aromatic carbocycles. The van der Waals surface area contributed by atoms with E-state index in [2.05, 4.69) is 4.72 Å². The zero-order chi connectivity index (χ0) is 18.0. The monoisotopic (exact) mass is 358 g/mol. The molecule has 0 amide bonds. The fourth-order valence-corrected chi connectivity index (χ4v) is 3.48. The first-order valence-electron chi connectivity index (χ1n) is 7.24. The number of ether oxygens (including phenoxy) is 1. The SMILES string of the molecule is COc1ccc2cc(S(=O)(=O)Nc3cccc([N+](=O)[O-])c3)ccc2c1. The number of rotatable bonds is 5. The highest BCUT2D eigenvalue weighted by Gasteiger charge is 2.16. The molecule has 1 N–H and O–H groups in total. The van der Waals surface area contributed by atoms with E-state index < -0.39 is 14.9 Å². The molecule has 0 spiro atoms. The number of sulfonamides is 1. The van der Waals surface area contributed by atoms with E-state index >= 15 is 0 Å². The lowest BCUT2D eigenvalue weighted by atomic mass is 10.1. The van der Waals surface area contributed by atoms with Crippen molar-refractivity contribution < 1.29 is 18.1 Å². The molecule has 0 saturated carbocycles. The molecule has 3 rings (SSSR count). The highest BCUT2D eigenvalue weighted by Crippen LogP contribution is 2.25. The lowest BCUT2D eigenvalue weighted by Gasteiger charge is -2.09. The first kappa shape index (κ1) is 16.7. The zero-order valence-electron chi connectivity index (χ0n) is 13.2. The second kappa shape index (κ2) is 6.40. The first-order chi connectivity index (χ1) is 11.9. The number of fused-ring (bicyclic) bond motifs is 1. The molecule has 0 radical (unpaired) electrons. The fourth-order valence-electron chi connectivity index (χ4n) is 2.39. The topological polar surface area (TPSA) is 98.5 Å². The molecule has 0 atom stereocenters. The van der Waals surface area contributed by atoms with Gasteiger partial charge < -0.3 is 4.74 Å². The standard InChI is InChI=1S/C17H14N2O5S/c1-24-16-7-5-13-10-17(8-6-12(13)9-16)25(22,23)18-14-3-2-4-15(11-14)19(20)21/h2-11,18H,1H3. The van der Waals surface area contributed by atoms with Crippen LogP contribution in [0.3, 0.4) is 0 Å². The number of anilines is 1. The molecular weight excluding hydrogens is 344 g/mol. The maximum atomic E-state index is 12.5. The minimum absolute atomic E-state index is 0.0664. The third-order valence-corrected chi connectivity index (χ3v) is 5.02. The molecule has 3 aromatic rings. The molecule has 0 bridgehead atoms. The van der Waals surface area contributed by atoms with Crippen LogP contribution in [-0.2, 0) is 10.0 Å². The van der Waals surface area contributed by atoms with Gasteiger partial charge in [-0.05, 0) is 41.1 Å². The molecule has 0 aliphatic rings. The van der Waals surface area contributed by atoms with Gasteiger partial charge >= 0.3 is 0 Å². The van der Waals surface area contributed by atoms with E-state index in [4.69, 9.17) is 4.74 Å². The molecule has 0 saturated heterocycles. The molecule has 0 aliphatic heterocycles. The summed E-state index contributed by atoms with van der Waals surface area (Å²) in [5.74, 6) is 0.679. The van der Waals surface area contributed by atoms with E-state index in [1.165, 1.54) is 36.4 Å². The third-order valence-electron chi connectivity index (χ3n) is 3.64. The lowest BCUT2D eigenvalue weighted by molar-refractivity contribution is -0.384. The van der Waals surface area contributed by atoms with Gasteiger partial charge in [0.1, 0.15) is 5.75 Å². The molecule has 0 unspecified atom stereocenters. The van der Waals surface area contributed by atoms with E-state index in [9.17, 15) is 18.5 Å². The van der Waals surface area contributed by atoms with Crippen molar-refractivity contribution in [1.29, 1.82) is 0 Å². The number of hydrogen-bond acceptors (Lipinski definition) is 5. The van der Waals surface area contributed by atoms with Crippen LogP contribution >= 0.6 is 0 Å². The van der Waals surface area contributed by atoms with E-state index in [1.807, 2.05) is 0 Å². The minimum Gasteiger partial charge on any atom is -0.497 e. The number of nitrogens with zero attached hydrogens (tertiary/aromatic N) is 1. The largest absolute Gasteiger partial charge is 0.497 e. The summed E-state index contributed by atoms with van der Waals surface area (Å²) in [5, 5.41) is 12.4. The quantitative estimate of drug-likeness (QED) is 0.555. The summed E-state index contributed by atoms with van der Waals surface area (Å²) in [4.78, 5) is 10.3. The van der Waals surface area contributed by atoms with Crippen LogP contribution in [0.2, 0.25) is 0 Å². The maximum Gasteiger partial charge on any atom is 0.271 e. The number of nitro benzene ring substituents is 1. The summed E-state index contributed by atoms with van der Waals surface area (Å²) >= 11 is 0. The number of methoxy groups -OCH3 is 1. The van der Waals surface area contributed by atoms with Gasteiger partial charge in [0.25, 0.3) is 15.7 Å². The van der Waals surface area contributed by atoms with Crippen molar-refractivity contribution in [1.82, 2.24) is 0 Å². The maximum absolute atomic E-state index is 12.5. The molecule has 0 aliphatic carbocycles. The summed E-state index contributed by atoms with van der Waals surface area (Å²) < 4.78 is 32.6. The zero-order valence-corrected chi connectivity index (χ0v) is 14.0. The lowest BCUT2D eigenvalue weighted by Crippen LogP contribution is -2.13. The fraction of sp³-hybridized carbons (Fsp3) is 0.0588. The number of hydrogen-bond donors (Lipinski definition) is 1. The van der Waals surface area contributed by atoms with Gasteiger partial charge in [-0.25, -0.2) is 8.42 Å². The van der Waals surface area contributed by atoms with Crippen molar-refractivity contribution in [2.24, 2.45) is 0 Å². The summed E-state index contributed by atoms with van der Waals surface area (Å²) in [5.41, 5.74) is -0.0603. The van der Waals surface area contributed by atoms with E-state index in [1.54, 1.807) is 31.4 Å². The summed E-state index contributed by atoms with van der Waals surface area (Å²) in [6.07, 6.45) is 0. The molecule has 0 fully saturated rings. The highest BCUT2D eigenvalue weighted by molar-refractivity contribution is 7.92. The molecule has 8 heteroatoms. The van der Waals surface area contributed by atoms with Crippen LogP contribution < -0.4 is 9.46 Å². The highest BCUT2D eigenvalue weighted by atomic mass is 32.2. The Morgan fingerprint density at radius 3 is 2.44 bits per heavy atom. The van der Waals surface area contributed by atoms with Crippen molar-refractivity contribution >= 4 is 32.2 Å². The van der Waals surface area contributed by atoms with Crippen molar-refractivity contribution in [2.45, 2.75) is 4.90 Å². The minimum atomic E-state index is -3.87. The van der Waals surface area contributed by atoms with Crippen molar-refractivity contribution in [3.05, 3.63) is 70.8 Å². The molecule has 128 valence electrons. The Labute approximate surface area is 144 Å². The van der Waals surface area contributed by atoms with Gasteiger partial charge in [0.2, 0.25) is 0 Å². The second-order valence-electron chi connectivity index (χ2n) is 5.29. The predicted molar refractivity (Wildman–Crippen MR) is 94.4 cm³/mol. The molecule has 0 aromatic heterocycles. The van der Waals surface area contributed by atoms with Crippen LogP contribution in [0.4, 0.5) is 11.4 Å². The molecular formula is C17H14N2O5S. The van der Waals surface area contributed by atoms with Crippen LogP contribution in [-0.4, -0.2) is 20.5 Å². The van der Waals surface area contributed by atoms with Crippen LogP contribution in [0.25, 0.3) is 10.8 Å². The Morgan fingerprint density at radius 1 is 1.00 bits per heavy atom.